The van der Waals surface area contributed by atoms with E-state index < -0.39 is 5.97 Å². The number of anilines is 1. The summed E-state index contributed by atoms with van der Waals surface area (Å²) >= 11 is 1.07. The van der Waals surface area contributed by atoms with Crippen LogP contribution in [0.25, 0.3) is 0 Å². The van der Waals surface area contributed by atoms with Gasteiger partial charge in [-0.2, -0.15) is 4.37 Å². The van der Waals surface area contributed by atoms with Gasteiger partial charge in [0, 0.05) is 12.1 Å². The van der Waals surface area contributed by atoms with Crippen molar-refractivity contribution in [2.75, 3.05) is 5.32 Å². The Labute approximate surface area is 107 Å². The lowest BCUT2D eigenvalue weighted by molar-refractivity contribution is 0.0697. The molecule has 0 aliphatic heterocycles. The SMILES string of the molecule is Cc1nsc(NCc2ccccc2F)c1C(=O)O. The van der Waals surface area contributed by atoms with Gasteiger partial charge in [0.15, 0.2) is 0 Å². The maximum absolute atomic E-state index is 13.4. The number of nitrogens with one attached hydrogen (secondary N) is 1. The molecule has 2 aromatic rings. The lowest BCUT2D eigenvalue weighted by atomic mass is 10.2. The van der Waals surface area contributed by atoms with E-state index in [1.807, 2.05) is 0 Å². The first-order chi connectivity index (χ1) is 8.59. The van der Waals surface area contributed by atoms with Gasteiger partial charge in [-0.1, -0.05) is 18.2 Å². The second kappa shape index (κ2) is 5.14. The number of carboxylic acid groups (broad SMARTS) is 1. The Morgan fingerprint density at radius 2 is 2.22 bits per heavy atom. The molecule has 4 nitrogen and oxygen atoms in total. The molecular formula is C12H11FN2O2S. The summed E-state index contributed by atoms with van der Waals surface area (Å²) < 4.78 is 17.4. The molecule has 2 N–H and O–H groups in total. The highest BCUT2D eigenvalue weighted by Crippen LogP contribution is 2.25. The minimum Gasteiger partial charge on any atom is -0.478 e. The Morgan fingerprint density at radius 3 is 2.89 bits per heavy atom. The summed E-state index contributed by atoms with van der Waals surface area (Å²) in [7, 11) is 0. The predicted octanol–water partition coefficient (Wildman–Crippen LogP) is 2.90. The van der Waals surface area contributed by atoms with Gasteiger partial charge in [-0.05, 0) is 24.5 Å². The zero-order valence-electron chi connectivity index (χ0n) is 9.61. The van der Waals surface area contributed by atoms with Gasteiger partial charge in [0.25, 0.3) is 0 Å². The number of aryl methyl sites for hydroxylation is 1. The third-order valence-electron chi connectivity index (χ3n) is 2.47. The number of carboxylic acids is 1. The molecule has 0 saturated carbocycles. The monoisotopic (exact) mass is 266 g/mol. The molecule has 0 radical (unpaired) electrons. The molecule has 0 aliphatic carbocycles. The highest BCUT2D eigenvalue weighted by Gasteiger charge is 2.17. The molecule has 0 fully saturated rings. The molecule has 0 atom stereocenters. The minimum atomic E-state index is -1.03. The quantitative estimate of drug-likeness (QED) is 0.893. The largest absolute Gasteiger partial charge is 0.478 e. The van der Waals surface area contributed by atoms with Crippen molar-refractivity contribution in [3.63, 3.8) is 0 Å². The Hall–Kier alpha value is -1.95. The first kappa shape index (κ1) is 12.5. The van der Waals surface area contributed by atoms with Crippen molar-refractivity contribution in [2.45, 2.75) is 13.5 Å². The summed E-state index contributed by atoms with van der Waals surface area (Å²) in [5.74, 6) is -1.35. The number of nitrogens with zero attached hydrogens (tertiary/aromatic N) is 1. The van der Waals surface area contributed by atoms with Crippen LogP contribution < -0.4 is 5.32 Å². The summed E-state index contributed by atoms with van der Waals surface area (Å²) in [6.07, 6.45) is 0. The fourth-order valence-electron chi connectivity index (χ4n) is 1.56. The van der Waals surface area contributed by atoms with Gasteiger partial charge in [-0.3, -0.25) is 0 Å². The van der Waals surface area contributed by atoms with Crippen molar-refractivity contribution < 1.29 is 14.3 Å². The van der Waals surface area contributed by atoms with E-state index in [9.17, 15) is 9.18 Å². The maximum atomic E-state index is 13.4. The number of benzene rings is 1. The third kappa shape index (κ3) is 2.48. The average molecular weight is 266 g/mol. The molecule has 6 heteroatoms. The summed E-state index contributed by atoms with van der Waals surface area (Å²) in [5.41, 5.74) is 1.10. The van der Waals surface area contributed by atoms with E-state index in [0.717, 1.165) is 11.5 Å². The van der Waals surface area contributed by atoms with Gasteiger partial charge in [0.05, 0.1) is 5.69 Å². The summed E-state index contributed by atoms with van der Waals surface area (Å²) in [4.78, 5) is 11.0. The molecule has 2 rings (SSSR count). The van der Waals surface area contributed by atoms with Gasteiger partial charge in [-0.25, -0.2) is 9.18 Å². The van der Waals surface area contributed by atoms with E-state index in [0.29, 0.717) is 16.3 Å². The van der Waals surface area contributed by atoms with Crippen LogP contribution in [0.5, 0.6) is 0 Å². The maximum Gasteiger partial charge on any atom is 0.340 e. The Balaban J connectivity index is 2.16. The van der Waals surface area contributed by atoms with Gasteiger partial charge in [-0.15, -0.1) is 0 Å². The first-order valence-electron chi connectivity index (χ1n) is 5.26. The number of aromatic nitrogens is 1. The topological polar surface area (TPSA) is 62.2 Å². The summed E-state index contributed by atoms with van der Waals surface area (Å²) in [5, 5.41) is 12.4. The summed E-state index contributed by atoms with van der Waals surface area (Å²) in [6.45, 7) is 1.86. The number of carbonyl (C=O) groups is 1. The van der Waals surface area contributed by atoms with Gasteiger partial charge in [0.1, 0.15) is 16.4 Å². The smallest absolute Gasteiger partial charge is 0.340 e. The number of aromatic carboxylic acids is 1. The lowest BCUT2D eigenvalue weighted by Crippen LogP contribution is -2.05. The third-order valence-corrected chi connectivity index (χ3v) is 3.37. The number of halogens is 1. The molecule has 18 heavy (non-hydrogen) atoms. The second-order valence-electron chi connectivity index (χ2n) is 3.72. The van der Waals surface area contributed by atoms with Crippen LogP contribution >= 0.6 is 11.5 Å². The van der Waals surface area contributed by atoms with Crippen molar-refractivity contribution in [1.29, 1.82) is 0 Å². The van der Waals surface area contributed by atoms with Crippen molar-refractivity contribution >= 4 is 22.5 Å². The van der Waals surface area contributed by atoms with E-state index in [2.05, 4.69) is 9.69 Å². The molecular weight excluding hydrogens is 255 g/mol. The van der Waals surface area contributed by atoms with Gasteiger partial charge >= 0.3 is 5.97 Å². The van der Waals surface area contributed by atoms with Crippen LogP contribution in [0.4, 0.5) is 9.39 Å². The van der Waals surface area contributed by atoms with Crippen LogP contribution in [-0.4, -0.2) is 15.4 Å². The zero-order chi connectivity index (χ0) is 13.1. The number of rotatable bonds is 4. The normalized spacial score (nSPS) is 10.3. The number of hydrogen-bond acceptors (Lipinski definition) is 4. The number of hydrogen-bond donors (Lipinski definition) is 2. The van der Waals surface area contributed by atoms with Crippen LogP contribution in [0.15, 0.2) is 24.3 Å². The predicted molar refractivity (Wildman–Crippen MR) is 67.5 cm³/mol. The Bertz CT molecular complexity index is 583. The Kier molecular flexibility index (Phi) is 3.57. The van der Waals surface area contributed by atoms with E-state index in [-0.39, 0.29) is 17.9 Å². The fourth-order valence-corrected chi connectivity index (χ4v) is 2.34. The molecule has 1 heterocycles. The molecule has 1 aromatic heterocycles. The van der Waals surface area contributed by atoms with Gasteiger partial charge in [0.2, 0.25) is 0 Å². The lowest BCUT2D eigenvalue weighted by Gasteiger charge is -2.05. The highest BCUT2D eigenvalue weighted by molar-refractivity contribution is 7.10. The van der Waals surface area contributed by atoms with E-state index in [1.54, 1.807) is 25.1 Å². The molecule has 0 amide bonds. The van der Waals surface area contributed by atoms with Crippen LogP contribution in [0.1, 0.15) is 21.6 Å². The zero-order valence-corrected chi connectivity index (χ0v) is 10.4. The van der Waals surface area contributed by atoms with E-state index in [1.165, 1.54) is 6.07 Å². The minimum absolute atomic E-state index is 0.149. The standard InChI is InChI=1S/C12H11FN2O2S/c1-7-10(12(16)17)11(18-15-7)14-6-8-4-2-3-5-9(8)13/h2-5,14H,6H2,1H3,(H,16,17). The first-order valence-corrected chi connectivity index (χ1v) is 6.03. The van der Waals surface area contributed by atoms with E-state index >= 15 is 0 Å². The highest BCUT2D eigenvalue weighted by atomic mass is 32.1. The molecule has 1 aromatic carbocycles. The summed E-state index contributed by atoms with van der Waals surface area (Å²) in [6, 6.07) is 6.36. The molecule has 0 spiro atoms. The van der Waals surface area contributed by atoms with Crippen LogP contribution in [0.3, 0.4) is 0 Å². The molecule has 94 valence electrons. The molecule has 0 bridgehead atoms. The molecule has 0 aliphatic rings. The molecule has 0 saturated heterocycles. The van der Waals surface area contributed by atoms with Crippen molar-refractivity contribution in [3.8, 4) is 0 Å². The Morgan fingerprint density at radius 1 is 1.50 bits per heavy atom. The second-order valence-corrected chi connectivity index (χ2v) is 4.50. The fraction of sp³-hybridized carbons (Fsp3) is 0.167. The van der Waals surface area contributed by atoms with Crippen LogP contribution in [0, 0.1) is 12.7 Å². The molecule has 0 unspecified atom stereocenters. The van der Waals surface area contributed by atoms with Crippen molar-refractivity contribution in [1.82, 2.24) is 4.37 Å². The van der Waals surface area contributed by atoms with Crippen molar-refractivity contribution in [2.24, 2.45) is 0 Å². The van der Waals surface area contributed by atoms with Gasteiger partial charge < -0.3 is 10.4 Å². The van der Waals surface area contributed by atoms with Crippen LogP contribution in [0.2, 0.25) is 0 Å². The van der Waals surface area contributed by atoms with E-state index in [4.69, 9.17) is 5.11 Å². The van der Waals surface area contributed by atoms with Crippen LogP contribution in [-0.2, 0) is 6.54 Å². The van der Waals surface area contributed by atoms with Crippen molar-refractivity contribution in [3.05, 3.63) is 46.9 Å². The average Bonchev–Trinajstić information content (AvgIpc) is 2.69.